The minimum Gasteiger partial charge on any atom is -0.480 e. The van der Waals surface area contributed by atoms with Crippen LogP contribution in [0.1, 0.15) is 46.0 Å². The number of aliphatic carboxylic acids is 1. The Bertz CT molecular complexity index is 557. The van der Waals surface area contributed by atoms with E-state index < -0.39 is 11.5 Å². The zero-order valence-electron chi connectivity index (χ0n) is 13.2. The molecule has 5 heteroatoms. The van der Waals surface area contributed by atoms with Crippen molar-refractivity contribution in [3.05, 3.63) is 23.5 Å². The topological polar surface area (TPSA) is 66.8 Å². The van der Waals surface area contributed by atoms with E-state index in [-0.39, 0.29) is 6.23 Å². The molecule has 0 aromatic heterocycles. The average Bonchev–Trinajstić information content (AvgIpc) is 3.31. The summed E-state index contributed by atoms with van der Waals surface area (Å²) < 4.78 is 5.82. The van der Waals surface area contributed by atoms with Crippen LogP contribution in [-0.2, 0) is 14.3 Å². The Labute approximate surface area is 130 Å². The molecule has 0 amide bonds. The van der Waals surface area contributed by atoms with Gasteiger partial charge in [0.05, 0.1) is 6.26 Å². The zero-order chi connectivity index (χ0) is 15.9. The maximum Gasteiger partial charge on any atom is 0.323 e. The van der Waals surface area contributed by atoms with Gasteiger partial charge in [-0.3, -0.25) is 9.59 Å². The predicted octanol–water partition coefficient (Wildman–Crippen LogP) is 2.48. The number of carboxylic acid groups (broad SMARTS) is 1. The Morgan fingerprint density at radius 2 is 2.05 bits per heavy atom. The van der Waals surface area contributed by atoms with Gasteiger partial charge in [-0.05, 0) is 50.7 Å². The fourth-order valence-electron chi connectivity index (χ4n) is 3.34. The zero-order valence-corrected chi connectivity index (χ0v) is 13.2. The lowest BCUT2D eigenvalue weighted by Crippen LogP contribution is -2.57. The predicted molar refractivity (Wildman–Crippen MR) is 81.0 cm³/mol. The van der Waals surface area contributed by atoms with Crippen molar-refractivity contribution in [2.24, 2.45) is 5.92 Å². The standard InChI is InChI=1S/C17H23NO4/c1-17(2,16(20)21)18-8-3-9-22-15(18)13-7-6-12(19)10-14(13)11-4-5-11/h3,9,11,15H,4-8,10H2,1-2H3,(H,20,21). The fraction of sp³-hybridized carbons (Fsp3) is 0.647. The second kappa shape index (κ2) is 5.54. The monoisotopic (exact) mass is 305 g/mol. The molecule has 2 aliphatic carbocycles. The molecule has 1 saturated carbocycles. The highest BCUT2D eigenvalue weighted by Crippen LogP contribution is 2.45. The number of ketones is 1. The number of ether oxygens (including phenoxy) is 1. The van der Waals surface area contributed by atoms with Gasteiger partial charge in [-0.1, -0.05) is 5.57 Å². The van der Waals surface area contributed by atoms with Gasteiger partial charge in [-0.25, -0.2) is 4.90 Å². The molecule has 1 aliphatic heterocycles. The molecule has 1 fully saturated rings. The lowest BCUT2D eigenvalue weighted by atomic mass is 9.85. The summed E-state index contributed by atoms with van der Waals surface area (Å²) in [4.78, 5) is 25.3. The third kappa shape index (κ3) is 2.70. The van der Waals surface area contributed by atoms with Crippen molar-refractivity contribution in [2.75, 3.05) is 6.54 Å². The van der Waals surface area contributed by atoms with Crippen LogP contribution in [0.5, 0.6) is 0 Å². The first-order valence-electron chi connectivity index (χ1n) is 7.95. The highest BCUT2D eigenvalue weighted by atomic mass is 16.5. The summed E-state index contributed by atoms with van der Waals surface area (Å²) in [5.74, 6) is -0.0681. The molecule has 1 N–H and O–H groups in total. The van der Waals surface area contributed by atoms with E-state index in [1.165, 1.54) is 5.57 Å². The van der Waals surface area contributed by atoms with Crippen molar-refractivity contribution >= 4 is 11.8 Å². The van der Waals surface area contributed by atoms with Crippen LogP contribution in [0.4, 0.5) is 0 Å². The number of rotatable bonds is 4. The molecule has 1 atom stereocenters. The van der Waals surface area contributed by atoms with E-state index in [1.807, 2.05) is 11.0 Å². The molecular formula is C17H23NO4. The van der Waals surface area contributed by atoms with Crippen LogP contribution in [-0.4, -0.2) is 40.1 Å². The molecule has 0 radical (unpaired) electrons. The SMILES string of the molecule is CC(C)(C(=O)O)N1CC=COC1C1=C(C2CC2)CC(=O)CC1. The summed E-state index contributed by atoms with van der Waals surface area (Å²) in [6.45, 7) is 3.95. The summed E-state index contributed by atoms with van der Waals surface area (Å²) in [7, 11) is 0. The molecule has 3 rings (SSSR count). The van der Waals surface area contributed by atoms with Gasteiger partial charge in [-0.2, -0.15) is 0 Å². The number of Topliss-reactive ketones (excluding diaryl/α,β-unsaturated/α-hetero) is 1. The van der Waals surface area contributed by atoms with Gasteiger partial charge in [0.25, 0.3) is 0 Å². The van der Waals surface area contributed by atoms with Crippen LogP contribution >= 0.6 is 0 Å². The summed E-state index contributed by atoms with van der Waals surface area (Å²) in [5, 5.41) is 9.55. The van der Waals surface area contributed by atoms with Crippen molar-refractivity contribution in [3.63, 3.8) is 0 Å². The van der Waals surface area contributed by atoms with Crippen LogP contribution < -0.4 is 0 Å². The Morgan fingerprint density at radius 3 is 2.68 bits per heavy atom. The van der Waals surface area contributed by atoms with Crippen LogP contribution in [0.3, 0.4) is 0 Å². The van der Waals surface area contributed by atoms with Gasteiger partial charge < -0.3 is 9.84 Å². The van der Waals surface area contributed by atoms with E-state index in [0.717, 1.165) is 18.4 Å². The van der Waals surface area contributed by atoms with Gasteiger partial charge in [0.1, 0.15) is 11.3 Å². The van der Waals surface area contributed by atoms with Gasteiger partial charge in [0.15, 0.2) is 6.23 Å². The number of carbonyl (C=O) groups excluding carboxylic acids is 1. The average molecular weight is 305 g/mol. The largest absolute Gasteiger partial charge is 0.480 e. The second-order valence-electron chi connectivity index (χ2n) is 6.92. The minimum atomic E-state index is -1.02. The van der Waals surface area contributed by atoms with Crippen LogP contribution in [0.2, 0.25) is 0 Å². The van der Waals surface area contributed by atoms with Crippen molar-refractivity contribution in [2.45, 2.75) is 57.7 Å². The first-order chi connectivity index (χ1) is 10.4. The van der Waals surface area contributed by atoms with E-state index in [2.05, 4.69) is 0 Å². The maximum absolute atomic E-state index is 11.8. The lowest BCUT2D eigenvalue weighted by molar-refractivity contribution is -0.156. The van der Waals surface area contributed by atoms with Gasteiger partial charge in [0, 0.05) is 19.4 Å². The fourth-order valence-corrected chi connectivity index (χ4v) is 3.34. The second-order valence-corrected chi connectivity index (χ2v) is 6.92. The van der Waals surface area contributed by atoms with Crippen LogP contribution in [0.25, 0.3) is 0 Å². The summed E-state index contributed by atoms with van der Waals surface area (Å²) >= 11 is 0. The van der Waals surface area contributed by atoms with Gasteiger partial charge in [0.2, 0.25) is 0 Å². The van der Waals surface area contributed by atoms with Crippen molar-refractivity contribution in [1.82, 2.24) is 4.90 Å². The highest BCUT2D eigenvalue weighted by Gasteiger charge is 2.44. The molecule has 120 valence electrons. The number of hydrogen-bond donors (Lipinski definition) is 1. The number of carboxylic acids is 1. The Morgan fingerprint density at radius 1 is 1.32 bits per heavy atom. The highest BCUT2D eigenvalue weighted by molar-refractivity contribution is 5.83. The number of hydrogen-bond acceptors (Lipinski definition) is 4. The summed E-state index contributed by atoms with van der Waals surface area (Å²) in [5.41, 5.74) is 1.34. The molecular weight excluding hydrogens is 282 g/mol. The van der Waals surface area contributed by atoms with Crippen LogP contribution in [0, 0.1) is 5.92 Å². The van der Waals surface area contributed by atoms with E-state index in [1.54, 1.807) is 20.1 Å². The quantitative estimate of drug-likeness (QED) is 0.808. The van der Waals surface area contributed by atoms with Crippen molar-refractivity contribution in [1.29, 1.82) is 0 Å². The summed E-state index contributed by atoms with van der Waals surface area (Å²) in [6.07, 6.45) is 7.16. The Kier molecular flexibility index (Phi) is 3.85. The molecule has 0 saturated heterocycles. The van der Waals surface area contributed by atoms with E-state index in [9.17, 15) is 14.7 Å². The molecule has 0 bridgehead atoms. The molecule has 22 heavy (non-hydrogen) atoms. The van der Waals surface area contributed by atoms with E-state index >= 15 is 0 Å². The molecule has 0 spiro atoms. The maximum atomic E-state index is 11.8. The third-order valence-corrected chi connectivity index (χ3v) is 4.97. The lowest BCUT2D eigenvalue weighted by Gasteiger charge is -2.43. The third-order valence-electron chi connectivity index (χ3n) is 4.97. The van der Waals surface area contributed by atoms with Crippen LogP contribution in [0.15, 0.2) is 23.5 Å². The molecule has 1 heterocycles. The number of nitrogens with zero attached hydrogens (tertiary/aromatic N) is 1. The first kappa shape index (κ1) is 15.3. The smallest absolute Gasteiger partial charge is 0.323 e. The molecule has 3 aliphatic rings. The Balaban J connectivity index is 1.96. The van der Waals surface area contributed by atoms with Crippen molar-refractivity contribution in [3.8, 4) is 0 Å². The van der Waals surface area contributed by atoms with Gasteiger partial charge >= 0.3 is 5.97 Å². The van der Waals surface area contributed by atoms with Crippen molar-refractivity contribution < 1.29 is 19.4 Å². The molecule has 5 nitrogen and oxygen atoms in total. The number of carbonyl (C=O) groups is 2. The normalized spacial score (nSPS) is 27.0. The molecule has 0 aromatic rings. The van der Waals surface area contributed by atoms with Gasteiger partial charge in [-0.15, -0.1) is 0 Å². The van der Waals surface area contributed by atoms with E-state index in [4.69, 9.17) is 4.74 Å². The number of allylic oxidation sites excluding steroid dienone is 1. The molecule has 1 unspecified atom stereocenters. The summed E-state index contributed by atoms with van der Waals surface area (Å²) in [6, 6.07) is 0. The Hall–Kier alpha value is -1.62. The molecule has 0 aromatic carbocycles. The minimum absolute atomic E-state index is 0.293. The van der Waals surface area contributed by atoms with E-state index in [0.29, 0.717) is 37.5 Å². The first-order valence-corrected chi connectivity index (χ1v) is 7.95.